The number of rotatable bonds is 6. The predicted molar refractivity (Wildman–Crippen MR) is 120 cm³/mol. The summed E-state index contributed by atoms with van der Waals surface area (Å²) in [5.74, 6) is 0.751. The van der Waals surface area contributed by atoms with Crippen molar-refractivity contribution >= 4 is 35.2 Å². The Morgan fingerprint density at radius 2 is 1.62 bits per heavy atom. The molecule has 1 fully saturated rings. The zero-order valence-electron chi connectivity index (χ0n) is 16.9. The van der Waals surface area contributed by atoms with Gasteiger partial charge in [-0.25, -0.2) is 0 Å². The highest BCUT2D eigenvalue weighted by Gasteiger charge is 2.28. The van der Waals surface area contributed by atoms with Crippen LogP contribution >= 0.6 is 23.4 Å². The van der Waals surface area contributed by atoms with Crippen molar-refractivity contribution in [3.63, 3.8) is 0 Å². The number of hydrogen-bond donors (Lipinski definition) is 0. The second-order valence-corrected chi connectivity index (χ2v) is 9.07. The van der Waals surface area contributed by atoms with Gasteiger partial charge in [0, 0.05) is 38.1 Å². The van der Waals surface area contributed by atoms with E-state index >= 15 is 0 Å². The molecule has 29 heavy (non-hydrogen) atoms. The van der Waals surface area contributed by atoms with Crippen LogP contribution < -0.4 is 0 Å². The zero-order chi connectivity index (χ0) is 20.8. The molecule has 1 saturated heterocycles. The number of piperidine rings is 1. The van der Waals surface area contributed by atoms with E-state index in [2.05, 4.69) is 12.1 Å². The topological polar surface area (TPSA) is 40.6 Å². The fraction of sp³-hybridized carbons (Fsp3) is 0.391. The van der Waals surface area contributed by atoms with Crippen LogP contribution in [-0.2, 0) is 9.59 Å². The minimum absolute atomic E-state index is 0.0350. The summed E-state index contributed by atoms with van der Waals surface area (Å²) in [4.78, 5) is 28.5. The average molecular weight is 431 g/mol. The van der Waals surface area contributed by atoms with Gasteiger partial charge < -0.3 is 9.80 Å². The first kappa shape index (κ1) is 21.7. The normalized spacial score (nSPS) is 15.8. The van der Waals surface area contributed by atoms with Crippen molar-refractivity contribution in [3.8, 4) is 0 Å². The lowest BCUT2D eigenvalue weighted by Gasteiger charge is -2.32. The van der Waals surface area contributed by atoms with Gasteiger partial charge in [-0.3, -0.25) is 9.59 Å². The molecule has 0 aliphatic carbocycles. The van der Waals surface area contributed by atoms with Crippen LogP contribution in [0.1, 0.15) is 29.2 Å². The summed E-state index contributed by atoms with van der Waals surface area (Å²) in [5.41, 5.74) is 2.30. The van der Waals surface area contributed by atoms with Crippen molar-refractivity contribution in [1.82, 2.24) is 9.80 Å². The lowest BCUT2D eigenvalue weighted by atomic mass is 9.95. The van der Waals surface area contributed by atoms with Crippen LogP contribution in [0.2, 0.25) is 5.02 Å². The number of halogens is 1. The lowest BCUT2D eigenvalue weighted by Crippen LogP contribution is -2.43. The van der Waals surface area contributed by atoms with E-state index in [1.54, 1.807) is 30.8 Å². The second kappa shape index (κ2) is 10.2. The van der Waals surface area contributed by atoms with E-state index < -0.39 is 0 Å². The number of carbonyl (C=O) groups is 2. The Kier molecular flexibility index (Phi) is 7.62. The van der Waals surface area contributed by atoms with Crippen LogP contribution in [0.5, 0.6) is 0 Å². The molecule has 1 aliphatic heterocycles. The van der Waals surface area contributed by atoms with E-state index in [0.717, 1.165) is 18.4 Å². The number of likely N-dealkylation sites (tertiary alicyclic amines) is 1. The Morgan fingerprint density at radius 3 is 2.21 bits per heavy atom. The maximum absolute atomic E-state index is 12.8. The Hall–Kier alpha value is -1.98. The molecule has 0 bridgehead atoms. The van der Waals surface area contributed by atoms with Crippen molar-refractivity contribution in [2.75, 3.05) is 32.9 Å². The third-order valence-electron chi connectivity index (χ3n) is 5.29. The molecule has 1 unspecified atom stereocenters. The van der Waals surface area contributed by atoms with Crippen LogP contribution in [0.4, 0.5) is 0 Å². The zero-order valence-corrected chi connectivity index (χ0v) is 18.5. The van der Waals surface area contributed by atoms with Gasteiger partial charge in [0.2, 0.25) is 11.8 Å². The number of carbonyl (C=O) groups excluding carboxylic acids is 2. The SMILES string of the molecule is CN(C)C(=O)C1CCN(C(=O)CSC(c2ccccc2)c2ccc(Cl)cc2)CC1. The molecule has 2 aromatic carbocycles. The summed E-state index contributed by atoms with van der Waals surface area (Å²) in [6.45, 7) is 1.31. The average Bonchev–Trinajstić information content (AvgIpc) is 2.75. The highest BCUT2D eigenvalue weighted by Crippen LogP contribution is 2.36. The summed E-state index contributed by atoms with van der Waals surface area (Å²) in [6.07, 6.45) is 1.49. The van der Waals surface area contributed by atoms with Crippen LogP contribution in [0.3, 0.4) is 0 Å². The van der Waals surface area contributed by atoms with Gasteiger partial charge >= 0.3 is 0 Å². The van der Waals surface area contributed by atoms with E-state index in [9.17, 15) is 9.59 Å². The van der Waals surface area contributed by atoms with Crippen molar-refractivity contribution < 1.29 is 9.59 Å². The molecule has 3 rings (SSSR count). The molecule has 0 saturated carbocycles. The third kappa shape index (κ3) is 5.77. The molecule has 4 nitrogen and oxygen atoms in total. The maximum Gasteiger partial charge on any atom is 0.232 e. The Balaban J connectivity index is 1.62. The van der Waals surface area contributed by atoms with E-state index in [1.807, 2.05) is 47.4 Å². The highest BCUT2D eigenvalue weighted by molar-refractivity contribution is 8.00. The molecule has 154 valence electrons. The Labute approximate surface area is 182 Å². The summed E-state index contributed by atoms with van der Waals surface area (Å²) >= 11 is 7.69. The summed E-state index contributed by atoms with van der Waals surface area (Å²) in [7, 11) is 3.58. The molecule has 6 heteroatoms. The van der Waals surface area contributed by atoms with Crippen LogP contribution in [0, 0.1) is 5.92 Å². The predicted octanol–water partition coefficient (Wildman–Crippen LogP) is 4.49. The molecule has 0 N–H and O–H groups in total. The Bertz CT molecular complexity index is 819. The van der Waals surface area contributed by atoms with Crippen molar-refractivity contribution in [1.29, 1.82) is 0 Å². The van der Waals surface area contributed by atoms with Crippen LogP contribution in [0.15, 0.2) is 54.6 Å². The van der Waals surface area contributed by atoms with E-state index in [4.69, 9.17) is 11.6 Å². The van der Waals surface area contributed by atoms with Gasteiger partial charge in [0.05, 0.1) is 11.0 Å². The molecular weight excluding hydrogens is 404 g/mol. The fourth-order valence-electron chi connectivity index (χ4n) is 3.64. The molecule has 0 spiro atoms. The van der Waals surface area contributed by atoms with E-state index in [-0.39, 0.29) is 23.0 Å². The monoisotopic (exact) mass is 430 g/mol. The maximum atomic E-state index is 12.8. The van der Waals surface area contributed by atoms with Crippen LogP contribution in [0.25, 0.3) is 0 Å². The molecule has 1 atom stereocenters. The van der Waals surface area contributed by atoms with Gasteiger partial charge in [0.25, 0.3) is 0 Å². The molecular formula is C23H27ClN2O2S. The Morgan fingerprint density at radius 1 is 1.03 bits per heavy atom. The summed E-state index contributed by atoms with van der Waals surface area (Å²) in [5, 5.41) is 0.780. The lowest BCUT2D eigenvalue weighted by molar-refractivity contribution is -0.138. The van der Waals surface area contributed by atoms with Gasteiger partial charge in [-0.2, -0.15) is 0 Å². The summed E-state index contributed by atoms with van der Waals surface area (Å²) in [6, 6.07) is 18.1. The highest BCUT2D eigenvalue weighted by atomic mass is 35.5. The summed E-state index contributed by atoms with van der Waals surface area (Å²) < 4.78 is 0. The molecule has 0 aromatic heterocycles. The largest absolute Gasteiger partial charge is 0.349 e. The smallest absolute Gasteiger partial charge is 0.232 e. The second-order valence-electron chi connectivity index (χ2n) is 7.54. The van der Waals surface area contributed by atoms with Gasteiger partial charge in [-0.15, -0.1) is 11.8 Å². The molecule has 1 heterocycles. The van der Waals surface area contributed by atoms with Gasteiger partial charge in [-0.05, 0) is 36.1 Å². The van der Waals surface area contributed by atoms with Crippen molar-refractivity contribution in [2.45, 2.75) is 18.1 Å². The number of nitrogens with zero attached hydrogens (tertiary/aromatic N) is 2. The van der Waals surface area contributed by atoms with E-state index in [0.29, 0.717) is 23.9 Å². The number of thioether (sulfide) groups is 1. The van der Waals surface area contributed by atoms with Crippen molar-refractivity contribution in [3.05, 3.63) is 70.7 Å². The van der Waals surface area contributed by atoms with Gasteiger partial charge in [0.1, 0.15) is 0 Å². The first-order chi connectivity index (χ1) is 14.0. The quantitative estimate of drug-likeness (QED) is 0.677. The van der Waals surface area contributed by atoms with Crippen molar-refractivity contribution in [2.24, 2.45) is 5.92 Å². The number of hydrogen-bond acceptors (Lipinski definition) is 3. The van der Waals surface area contributed by atoms with Gasteiger partial charge in [-0.1, -0.05) is 54.1 Å². The number of benzene rings is 2. The minimum Gasteiger partial charge on any atom is -0.349 e. The van der Waals surface area contributed by atoms with Crippen LogP contribution in [-0.4, -0.2) is 54.6 Å². The van der Waals surface area contributed by atoms with E-state index in [1.165, 1.54) is 5.56 Å². The molecule has 0 radical (unpaired) electrons. The first-order valence-corrected chi connectivity index (χ1v) is 11.3. The molecule has 1 aliphatic rings. The molecule has 2 amide bonds. The fourth-order valence-corrected chi connectivity index (χ4v) is 4.95. The standard InChI is InChI=1S/C23H27ClN2O2S/c1-25(2)23(28)19-12-14-26(15-13-19)21(27)16-29-22(17-6-4-3-5-7-17)18-8-10-20(24)11-9-18/h3-11,19,22H,12-16H2,1-2H3. The van der Waals surface area contributed by atoms with Gasteiger partial charge in [0.15, 0.2) is 0 Å². The number of amides is 2. The first-order valence-electron chi connectivity index (χ1n) is 9.86. The molecule has 2 aromatic rings. The third-order valence-corrected chi connectivity index (χ3v) is 6.83. The minimum atomic E-state index is 0.0350.